The lowest BCUT2D eigenvalue weighted by Gasteiger charge is -2.37. The molecule has 1 atom stereocenters. The topological polar surface area (TPSA) is 6.48 Å². The second-order valence-corrected chi connectivity index (χ2v) is 4.12. The number of hydrogen-bond acceptors (Lipinski definition) is 2. The Labute approximate surface area is 84.0 Å². The molecule has 0 radical (unpaired) electrons. The van der Waals surface area contributed by atoms with E-state index in [0.717, 1.165) is 5.33 Å². The van der Waals surface area contributed by atoms with Gasteiger partial charge in [-0.05, 0) is 13.5 Å². The Hall–Kier alpha value is 0.400. The molecule has 0 amide bonds. The molecular formula is C9H19BrN2. The van der Waals surface area contributed by atoms with Crippen LogP contribution in [0, 0.1) is 0 Å². The summed E-state index contributed by atoms with van der Waals surface area (Å²) in [5.41, 5.74) is 0. The second-order valence-electron chi connectivity index (χ2n) is 3.47. The molecule has 1 aliphatic rings. The highest BCUT2D eigenvalue weighted by Gasteiger charge is 2.18. The molecule has 1 aliphatic heterocycles. The van der Waals surface area contributed by atoms with Gasteiger partial charge in [0.15, 0.2) is 0 Å². The molecule has 0 aromatic rings. The van der Waals surface area contributed by atoms with E-state index in [1.54, 1.807) is 0 Å². The minimum Gasteiger partial charge on any atom is -0.301 e. The van der Waals surface area contributed by atoms with Crippen molar-refractivity contribution in [3.05, 3.63) is 0 Å². The van der Waals surface area contributed by atoms with Crippen molar-refractivity contribution in [2.75, 3.05) is 38.1 Å². The molecule has 0 N–H and O–H groups in total. The molecule has 72 valence electrons. The zero-order valence-corrected chi connectivity index (χ0v) is 9.68. The van der Waals surface area contributed by atoms with Crippen LogP contribution in [0.1, 0.15) is 13.8 Å². The van der Waals surface area contributed by atoms with Crippen molar-refractivity contribution in [1.82, 2.24) is 9.80 Å². The van der Waals surface area contributed by atoms with Crippen LogP contribution in [0.3, 0.4) is 0 Å². The standard InChI is InChI=1S/C9H19BrN2/c1-3-11-4-6-12(7-5-11)9(2)8-10/h9H,3-8H2,1-2H3. The van der Waals surface area contributed by atoms with Gasteiger partial charge in [-0.15, -0.1) is 0 Å². The number of likely N-dealkylation sites (N-methyl/N-ethyl adjacent to an activating group) is 1. The third kappa shape index (κ3) is 2.71. The van der Waals surface area contributed by atoms with Gasteiger partial charge in [0.25, 0.3) is 0 Å². The van der Waals surface area contributed by atoms with Gasteiger partial charge in [0, 0.05) is 37.6 Å². The average Bonchev–Trinajstić information content (AvgIpc) is 2.17. The molecule has 0 aromatic heterocycles. The minimum atomic E-state index is 0.698. The third-order valence-electron chi connectivity index (χ3n) is 2.70. The quantitative estimate of drug-likeness (QED) is 0.682. The molecule has 1 heterocycles. The van der Waals surface area contributed by atoms with Gasteiger partial charge in [0.2, 0.25) is 0 Å². The maximum atomic E-state index is 3.53. The van der Waals surface area contributed by atoms with Gasteiger partial charge in [-0.3, -0.25) is 4.90 Å². The Morgan fingerprint density at radius 1 is 1.25 bits per heavy atom. The molecule has 0 aliphatic carbocycles. The summed E-state index contributed by atoms with van der Waals surface area (Å²) in [7, 11) is 0. The van der Waals surface area contributed by atoms with Crippen LogP contribution in [0.4, 0.5) is 0 Å². The zero-order valence-electron chi connectivity index (χ0n) is 8.09. The first-order chi connectivity index (χ1) is 5.77. The SMILES string of the molecule is CCN1CCN(C(C)CBr)CC1. The number of rotatable bonds is 3. The van der Waals surface area contributed by atoms with E-state index in [2.05, 4.69) is 39.6 Å². The second kappa shape index (κ2) is 5.20. The molecule has 1 saturated heterocycles. The smallest absolute Gasteiger partial charge is 0.0185 e. The van der Waals surface area contributed by atoms with Gasteiger partial charge in [0.1, 0.15) is 0 Å². The number of hydrogen-bond donors (Lipinski definition) is 0. The minimum absolute atomic E-state index is 0.698. The van der Waals surface area contributed by atoms with Crippen LogP contribution in [0.25, 0.3) is 0 Å². The largest absolute Gasteiger partial charge is 0.301 e. The maximum absolute atomic E-state index is 3.53. The van der Waals surface area contributed by atoms with Crippen LogP contribution in [-0.4, -0.2) is 53.9 Å². The van der Waals surface area contributed by atoms with E-state index in [-0.39, 0.29) is 0 Å². The van der Waals surface area contributed by atoms with Gasteiger partial charge in [-0.1, -0.05) is 22.9 Å². The molecule has 0 spiro atoms. The van der Waals surface area contributed by atoms with Crippen LogP contribution in [0.15, 0.2) is 0 Å². The first-order valence-electron chi connectivity index (χ1n) is 4.80. The van der Waals surface area contributed by atoms with Crippen molar-refractivity contribution in [2.45, 2.75) is 19.9 Å². The van der Waals surface area contributed by atoms with Crippen molar-refractivity contribution in [3.63, 3.8) is 0 Å². The predicted molar refractivity (Wildman–Crippen MR) is 56.9 cm³/mol. The van der Waals surface area contributed by atoms with Gasteiger partial charge >= 0.3 is 0 Å². The Balaban J connectivity index is 2.25. The Kier molecular flexibility index (Phi) is 4.54. The van der Waals surface area contributed by atoms with E-state index in [0.29, 0.717) is 6.04 Å². The summed E-state index contributed by atoms with van der Waals surface area (Å²) in [4.78, 5) is 5.07. The summed E-state index contributed by atoms with van der Waals surface area (Å²) in [6, 6.07) is 0.698. The van der Waals surface area contributed by atoms with Crippen molar-refractivity contribution >= 4 is 15.9 Å². The molecule has 3 heteroatoms. The number of halogens is 1. The summed E-state index contributed by atoms with van der Waals surface area (Å²) >= 11 is 3.53. The maximum Gasteiger partial charge on any atom is 0.0185 e. The lowest BCUT2D eigenvalue weighted by molar-refractivity contribution is 0.114. The summed E-state index contributed by atoms with van der Waals surface area (Å²) in [5, 5.41) is 1.10. The molecule has 0 aromatic carbocycles. The van der Waals surface area contributed by atoms with Gasteiger partial charge in [-0.2, -0.15) is 0 Å². The normalized spacial score (nSPS) is 24.2. The zero-order chi connectivity index (χ0) is 8.97. The van der Waals surface area contributed by atoms with Gasteiger partial charge < -0.3 is 4.90 Å². The first-order valence-corrected chi connectivity index (χ1v) is 5.92. The van der Waals surface area contributed by atoms with Crippen LogP contribution in [0.2, 0.25) is 0 Å². The lowest BCUT2D eigenvalue weighted by atomic mass is 10.2. The van der Waals surface area contributed by atoms with E-state index < -0.39 is 0 Å². The Morgan fingerprint density at radius 2 is 1.83 bits per heavy atom. The fourth-order valence-electron chi connectivity index (χ4n) is 1.62. The summed E-state index contributed by atoms with van der Waals surface area (Å²) < 4.78 is 0. The number of alkyl halides is 1. The van der Waals surface area contributed by atoms with E-state index in [1.165, 1.54) is 32.7 Å². The van der Waals surface area contributed by atoms with Gasteiger partial charge in [-0.25, -0.2) is 0 Å². The number of nitrogens with zero attached hydrogens (tertiary/aromatic N) is 2. The van der Waals surface area contributed by atoms with Crippen molar-refractivity contribution in [3.8, 4) is 0 Å². The van der Waals surface area contributed by atoms with Crippen LogP contribution >= 0.6 is 15.9 Å². The summed E-state index contributed by atoms with van der Waals surface area (Å²) in [5.74, 6) is 0. The highest BCUT2D eigenvalue weighted by molar-refractivity contribution is 9.09. The molecule has 12 heavy (non-hydrogen) atoms. The van der Waals surface area contributed by atoms with Crippen LogP contribution < -0.4 is 0 Å². The van der Waals surface area contributed by atoms with Gasteiger partial charge in [0.05, 0.1) is 0 Å². The third-order valence-corrected chi connectivity index (χ3v) is 3.64. The highest BCUT2D eigenvalue weighted by atomic mass is 79.9. The molecular weight excluding hydrogens is 216 g/mol. The van der Waals surface area contributed by atoms with Crippen LogP contribution in [0.5, 0.6) is 0 Å². The average molecular weight is 235 g/mol. The van der Waals surface area contributed by atoms with Crippen molar-refractivity contribution in [1.29, 1.82) is 0 Å². The molecule has 0 saturated carbocycles. The fourth-order valence-corrected chi connectivity index (χ4v) is 2.03. The first kappa shape index (κ1) is 10.5. The highest BCUT2D eigenvalue weighted by Crippen LogP contribution is 2.07. The molecule has 0 bridgehead atoms. The van der Waals surface area contributed by atoms with E-state index in [9.17, 15) is 0 Å². The molecule has 1 unspecified atom stereocenters. The Bertz CT molecular complexity index is 122. The molecule has 2 nitrogen and oxygen atoms in total. The number of piperazine rings is 1. The molecule has 1 fully saturated rings. The Morgan fingerprint density at radius 3 is 2.25 bits per heavy atom. The summed E-state index contributed by atoms with van der Waals surface area (Å²) in [6.45, 7) is 10.7. The van der Waals surface area contributed by atoms with E-state index >= 15 is 0 Å². The monoisotopic (exact) mass is 234 g/mol. The van der Waals surface area contributed by atoms with Crippen molar-refractivity contribution in [2.24, 2.45) is 0 Å². The predicted octanol–water partition coefficient (Wildman–Crippen LogP) is 1.41. The van der Waals surface area contributed by atoms with Crippen molar-refractivity contribution < 1.29 is 0 Å². The fraction of sp³-hybridized carbons (Fsp3) is 1.00. The van der Waals surface area contributed by atoms with Crippen LogP contribution in [-0.2, 0) is 0 Å². The van der Waals surface area contributed by atoms with E-state index in [1.807, 2.05) is 0 Å². The lowest BCUT2D eigenvalue weighted by Crippen LogP contribution is -2.49. The molecule has 1 rings (SSSR count). The summed E-state index contributed by atoms with van der Waals surface area (Å²) in [6.07, 6.45) is 0. The van der Waals surface area contributed by atoms with E-state index in [4.69, 9.17) is 0 Å².